The van der Waals surface area contributed by atoms with Crippen molar-refractivity contribution in [3.63, 3.8) is 0 Å². The molecular weight excluding hydrogens is 452 g/mol. The van der Waals surface area contributed by atoms with Gasteiger partial charge >= 0.3 is 5.97 Å². The second kappa shape index (κ2) is 15.4. The molecule has 0 amide bonds. The van der Waals surface area contributed by atoms with Crippen LogP contribution in [-0.4, -0.2) is 38.2 Å². The molecule has 0 aliphatic carbocycles. The second-order valence-electron chi connectivity index (χ2n) is 8.33. The van der Waals surface area contributed by atoms with Gasteiger partial charge in [0.2, 0.25) is 0 Å². The van der Waals surface area contributed by atoms with E-state index in [4.69, 9.17) is 5.11 Å². The third-order valence-electron chi connectivity index (χ3n) is 5.52. The smallest absolute Gasteiger partial charge is 0.303 e. The highest BCUT2D eigenvalue weighted by Crippen LogP contribution is 2.23. The number of carbonyl (C=O) groups is 1. The molecule has 32 heavy (non-hydrogen) atoms. The average Bonchev–Trinajstić information content (AvgIpc) is 2.72. The maximum atomic E-state index is 12.5. The van der Waals surface area contributed by atoms with E-state index in [1.54, 1.807) is 0 Å². The first-order valence-corrected chi connectivity index (χ1v) is 14.7. The number of sulfone groups is 1. The topological polar surface area (TPSA) is 126 Å². The normalized spacial score (nSPS) is 12.2. The Balaban J connectivity index is 2.05. The van der Waals surface area contributed by atoms with E-state index in [9.17, 15) is 26.2 Å². The van der Waals surface area contributed by atoms with Crippen LogP contribution >= 0.6 is 0 Å². The molecule has 0 radical (unpaired) electrons. The van der Waals surface area contributed by atoms with E-state index in [1.165, 1.54) is 56.7 Å². The summed E-state index contributed by atoms with van der Waals surface area (Å²) in [5, 5.41) is 8.58. The molecule has 2 N–H and O–H groups in total. The molecule has 1 aromatic rings. The van der Waals surface area contributed by atoms with Crippen LogP contribution in [0.25, 0.3) is 0 Å². The molecule has 0 aromatic heterocycles. The molecule has 0 aliphatic rings. The molecule has 1 aromatic carbocycles. The Morgan fingerprint density at radius 3 is 1.41 bits per heavy atom. The molecule has 0 aliphatic heterocycles. The standard InChI is InChI=1S/C23H38O7S2/c24-23(25)19-13-11-9-7-5-3-1-2-4-6-8-10-12-16-20-31(26,27)21-17-14-15-18-22(21)32(28,29)30/h14-15,17-18H,1-13,16,19-20H2,(H,24,25)(H,28,29,30). The van der Waals surface area contributed by atoms with Crippen molar-refractivity contribution in [1.29, 1.82) is 0 Å². The van der Waals surface area contributed by atoms with E-state index in [-0.39, 0.29) is 17.1 Å². The van der Waals surface area contributed by atoms with E-state index in [1.807, 2.05) is 0 Å². The minimum atomic E-state index is -4.58. The zero-order valence-corrected chi connectivity index (χ0v) is 20.5. The van der Waals surface area contributed by atoms with Crippen molar-refractivity contribution in [2.24, 2.45) is 0 Å². The Kier molecular flexibility index (Phi) is 13.8. The highest BCUT2D eigenvalue weighted by atomic mass is 32.2. The van der Waals surface area contributed by atoms with Gasteiger partial charge in [-0.1, -0.05) is 89.2 Å². The zero-order valence-electron chi connectivity index (χ0n) is 18.9. The lowest BCUT2D eigenvalue weighted by molar-refractivity contribution is -0.137. The van der Waals surface area contributed by atoms with Gasteiger partial charge in [-0.05, 0) is 25.0 Å². The Bertz CT molecular complexity index is 877. The van der Waals surface area contributed by atoms with Crippen molar-refractivity contribution in [2.75, 3.05) is 5.75 Å². The minimum absolute atomic E-state index is 0.129. The fourth-order valence-corrected chi connectivity index (χ4v) is 6.45. The van der Waals surface area contributed by atoms with E-state index in [0.717, 1.165) is 51.0 Å². The van der Waals surface area contributed by atoms with Crippen LogP contribution in [0.4, 0.5) is 0 Å². The number of rotatable bonds is 19. The summed E-state index contributed by atoms with van der Waals surface area (Å²) in [5.41, 5.74) is 0. The number of aliphatic carboxylic acids is 1. The van der Waals surface area contributed by atoms with Gasteiger partial charge in [0.05, 0.1) is 10.6 Å². The van der Waals surface area contributed by atoms with Gasteiger partial charge in [-0.15, -0.1) is 0 Å². The molecule has 184 valence electrons. The van der Waals surface area contributed by atoms with Crippen LogP contribution in [-0.2, 0) is 24.7 Å². The molecule has 7 nitrogen and oxygen atoms in total. The van der Waals surface area contributed by atoms with Gasteiger partial charge in [0.1, 0.15) is 4.90 Å². The number of carboxylic acid groups (broad SMARTS) is 1. The van der Waals surface area contributed by atoms with Crippen molar-refractivity contribution in [3.05, 3.63) is 24.3 Å². The van der Waals surface area contributed by atoms with Crippen molar-refractivity contribution in [2.45, 2.75) is 106 Å². The molecule has 0 spiro atoms. The van der Waals surface area contributed by atoms with Gasteiger partial charge in [-0.3, -0.25) is 9.35 Å². The lowest BCUT2D eigenvalue weighted by Crippen LogP contribution is -2.12. The summed E-state index contributed by atoms with van der Waals surface area (Å²) in [6.45, 7) is 0. The lowest BCUT2D eigenvalue weighted by Gasteiger charge is -2.08. The first kappa shape index (κ1) is 28.6. The monoisotopic (exact) mass is 490 g/mol. The molecule has 0 fully saturated rings. The maximum Gasteiger partial charge on any atom is 0.303 e. The summed E-state index contributed by atoms with van der Waals surface area (Å²) in [6.07, 6.45) is 14.8. The van der Waals surface area contributed by atoms with Crippen molar-refractivity contribution in [3.8, 4) is 0 Å². The first-order valence-electron chi connectivity index (χ1n) is 11.7. The largest absolute Gasteiger partial charge is 0.481 e. The molecule has 1 rings (SSSR count). The second-order valence-corrected chi connectivity index (χ2v) is 11.8. The number of unbranched alkanes of at least 4 members (excludes halogenated alkanes) is 13. The highest BCUT2D eigenvalue weighted by Gasteiger charge is 2.24. The third-order valence-corrected chi connectivity index (χ3v) is 8.41. The quantitative estimate of drug-likeness (QED) is 0.190. The van der Waals surface area contributed by atoms with Gasteiger partial charge in [-0.25, -0.2) is 8.42 Å². The van der Waals surface area contributed by atoms with Crippen LogP contribution in [0, 0.1) is 0 Å². The summed E-state index contributed by atoms with van der Waals surface area (Å²) in [6, 6.07) is 5.15. The minimum Gasteiger partial charge on any atom is -0.481 e. The summed E-state index contributed by atoms with van der Waals surface area (Å²) in [5.74, 6) is -0.841. The molecule has 0 heterocycles. The van der Waals surface area contributed by atoms with Gasteiger partial charge in [0.25, 0.3) is 10.1 Å². The Labute approximate surface area is 193 Å². The Hall–Kier alpha value is -1.45. The van der Waals surface area contributed by atoms with Crippen LogP contribution in [0.2, 0.25) is 0 Å². The number of carboxylic acids is 1. The summed E-state index contributed by atoms with van der Waals surface area (Å²) in [7, 11) is -8.34. The molecule has 0 bridgehead atoms. The summed E-state index contributed by atoms with van der Waals surface area (Å²) >= 11 is 0. The van der Waals surface area contributed by atoms with Crippen LogP contribution in [0.3, 0.4) is 0 Å². The summed E-state index contributed by atoms with van der Waals surface area (Å²) < 4.78 is 57.0. The van der Waals surface area contributed by atoms with Crippen molar-refractivity contribution < 1.29 is 31.3 Å². The lowest BCUT2D eigenvalue weighted by atomic mass is 10.0. The number of hydrogen-bond acceptors (Lipinski definition) is 5. The molecule has 0 saturated heterocycles. The highest BCUT2D eigenvalue weighted by molar-refractivity contribution is 7.92. The van der Waals surface area contributed by atoms with Gasteiger partial charge in [-0.2, -0.15) is 8.42 Å². The zero-order chi connectivity index (χ0) is 23.9. The first-order chi connectivity index (χ1) is 15.1. The maximum absolute atomic E-state index is 12.5. The van der Waals surface area contributed by atoms with Gasteiger partial charge in [0.15, 0.2) is 9.84 Å². The van der Waals surface area contributed by atoms with Crippen LogP contribution in [0.5, 0.6) is 0 Å². The predicted molar refractivity (Wildman–Crippen MR) is 125 cm³/mol. The van der Waals surface area contributed by atoms with Crippen molar-refractivity contribution >= 4 is 25.9 Å². The van der Waals surface area contributed by atoms with Gasteiger partial charge < -0.3 is 5.11 Å². The SMILES string of the molecule is O=C(O)CCCCCCCCCCCCCCCCS(=O)(=O)c1ccccc1S(=O)(=O)O. The Morgan fingerprint density at radius 2 is 1.00 bits per heavy atom. The fourth-order valence-electron chi connectivity index (χ4n) is 3.72. The number of hydrogen-bond donors (Lipinski definition) is 2. The fraction of sp³-hybridized carbons (Fsp3) is 0.696. The number of benzene rings is 1. The molecule has 0 atom stereocenters. The third kappa shape index (κ3) is 12.6. The average molecular weight is 491 g/mol. The van der Waals surface area contributed by atoms with Crippen LogP contribution in [0.15, 0.2) is 34.1 Å². The molecular formula is C23H38O7S2. The predicted octanol–water partition coefficient (Wildman–Crippen LogP) is 5.64. The van der Waals surface area contributed by atoms with E-state index >= 15 is 0 Å². The van der Waals surface area contributed by atoms with Crippen LogP contribution in [0.1, 0.15) is 96.3 Å². The molecule has 9 heteroatoms. The van der Waals surface area contributed by atoms with Crippen molar-refractivity contribution in [1.82, 2.24) is 0 Å². The van der Waals surface area contributed by atoms with E-state index < -0.39 is 30.8 Å². The molecule has 0 unspecified atom stereocenters. The van der Waals surface area contributed by atoms with E-state index in [0.29, 0.717) is 6.42 Å². The molecule has 0 saturated carbocycles. The van der Waals surface area contributed by atoms with E-state index in [2.05, 4.69) is 0 Å². The Morgan fingerprint density at radius 1 is 0.625 bits per heavy atom. The summed E-state index contributed by atoms with van der Waals surface area (Å²) in [4.78, 5) is 9.53. The van der Waals surface area contributed by atoms with Gasteiger partial charge in [0, 0.05) is 6.42 Å². The van der Waals surface area contributed by atoms with Crippen LogP contribution < -0.4 is 0 Å².